The van der Waals surface area contributed by atoms with Gasteiger partial charge in [0.15, 0.2) is 0 Å². The van der Waals surface area contributed by atoms with E-state index in [1.807, 2.05) is 0 Å². The van der Waals surface area contributed by atoms with E-state index in [1.54, 1.807) is 0 Å². The number of H-pyrrole nitrogens is 1. The van der Waals surface area contributed by atoms with Crippen LogP contribution in [0.1, 0.15) is 17.5 Å². The van der Waals surface area contributed by atoms with Gasteiger partial charge in [0.05, 0.1) is 6.10 Å². The predicted molar refractivity (Wildman–Crippen MR) is 51.4 cm³/mol. The largest absolute Gasteiger partial charge is 0.388 e. The molecule has 2 N–H and O–H groups in total. The molecule has 0 bridgehead atoms. The van der Waals surface area contributed by atoms with Gasteiger partial charge in [-0.05, 0) is 6.07 Å². The Morgan fingerprint density at radius 3 is 2.81 bits per heavy atom. The molecule has 0 fully saturated rings. The number of hydrogen-bond acceptors (Lipinski definition) is 3. The molecule has 0 saturated carbocycles. The lowest BCUT2D eigenvalue weighted by Crippen LogP contribution is -2.06. The lowest BCUT2D eigenvalue weighted by atomic mass is 10.1. The molecule has 2 rings (SSSR count). The Morgan fingerprint density at radius 1 is 1.38 bits per heavy atom. The lowest BCUT2D eigenvalue weighted by molar-refractivity contribution is 0.171. The number of rotatable bonds is 3. The van der Waals surface area contributed by atoms with E-state index in [4.69, 9.17) is 0 Å². The molecule has 1 atom stereocenters. The van der Waals surface area contributed by atoms with Gasteiger partial charge in [-0.1, -0.05) is 6.07 Å². The van der Waals surface area contributed by atoms with E-state index in [1.165, 1.54) is 12.4 Å². The van der Waals surface area contributed by atoms with Crippen molar-refractivity contribution in [2.24, 2.45) is 0 Å². The van der Waals surface area contributed by atoms with E-state index in [0.29, 0.717) is 5.82 Å². The zero-order chi connectivity index (χ0) is 11.5. The highest BCUT2D eigenvalue weighted by atomic mass is 19.1. The van der Waals surface area contributed by atoms with Gasteiger partial charge >= 0.3 is 0 Å². The highest BCUT2D eigenvalue weighted by Gasteiger charge is 2.15. The summed E-state index contributed by atoms with van der Waals surface area (Å²) in [5, 5.41) is 15.9. The minimum atomic E-state index is -1.08. The third-order valence-corrected chi connectivity index (χ3v) is 2.17. The van der Waals surface area contributed by atoms with Crippen LogP contribution in [0.2, 0.25) is 0 Å². The average Bonchev–Trinajstić information content (AvgIpc) is 2.70. The number of hydrogen-bond donors (Lipinski definition) is 2. The molecule has 16 heavy (non-hydrogen) atoms. The number of aliphatic hydroxyl groups is 1. The molecule has 1 aromatic heterocycles. The van der Waals surface area contributed by atoms with E-state index < -0.39 is 17.7 Å². The van der Waals surface area contributed by atoms with Crippen LogP contribution in [0.5, 0.6) is 0 Å². The summed E-state index contributed by atoms with van der Waals surface area (Å²) in [4.78, 5) is 3.81. The maximum atomic E-state index is 13.3. The molecule has 0 spiro atoms. The first kappa shape index (κ1) is 10.7. The first-order chi connectivity index (χ1) is 7.66. The Bertz CT molecular complexity index is 473. The molecule has 0 radical (unpaired) electrons. The number of aromatic amines is 1. The number of nitrogens with one attached hydrogen (secondary N) is 1. The van der Waals surface area contributed by atoms with Crippen molar-refractivity contribution in [2.45, 2.75) is 12.5 Å². The average molecular weight is 225 g/mol. The monoisotopic (exact) mass is 225 g/mol. The Balaban J connectivity index is 2.17. The normalized spacial score (nSPS) is 12.7. The first-order valence-corrected chi connectivity index (χ1v) is 4.64. The van der Waals surface area contributed by atoms with Crippen molar-refractivity contribution >= 4 is 0 Å². The SMILES string of the molecule is OC(Cc1ncn[nH]1)c1ccc(F)cc1F. The predicted octanol–water partition coefficient (Wildman–Crippen LogP) is 1.36. The highest BCUT2D eigenvalue weighted by Crippen LogP contribution is 2.20. The van der Waals surface area contributed by atoms with Gasteiger partial charge in [0, 0.05) is 18.1 Å². The second-order valence-corrected chi connectivity index (χ2v) is 3.32. The van der Waals surface area contributed by atoms with E-state index in [0.717, 1.165) is 12.1 Å². The van der Waals surface area contributed by atoms with Crippen LogP contribution in [0.3, 0.4) is 0 Å². The van der Waals surface area contributed by atoms with Crippen molar-refractivity contribution in [3.63, 3.8) is 0 Å². The smallest absolute Gasteiger partial charge is 0.137 e. The summed E-state index contributed by atoms with van der Waals surface area (Å²) in [6.07, 6.45) is 0.319. The second-order valence-electron chi connectivity index (χ2n) is 3.32. The quantitative estimate of drug-likeness (QED) is 0.829. The van der Waals surface area contributed by atoms with Gasteiger partial charge in [-0.25, -0.2) is 13.8 Å². The standard InChI is InChI=1S/C10H9F2N3O/c11-6-1-2-7(8(12)3-6)9(16)4-10-13-5-14-15-10/h1-3,5,9,16H,4H2,(H,13,14,15). The van der Waals surface area contributed by atoms with Crippen molar-refractivity contribution in [2.75, 3.05) is 0 Å². The Kier molecular flexibility index (Phi) is 2.91. The number of aliphatic hydroxyl groups excluding tert-OH is 1. The van der Waals surface area contributed by atoms with Gasteiger partial charge in [-0.3, -0.25) is 5.10 Å². The fraction of sp³-hybridized carbons (Fsp3) is 0.200. The van der Waals surface area contributed by atoms with Crippen LogP contribution in [0, 0.1) is 11.6 Å². The summed E-state index contributed by atoms with van der Waals surface area (Å²) in [5.41, 5.74) is 0.0396. The summed E-state index contributed by atoms with van der Waals surface area (Å²) in [6.45, 7) is 0. The first-order valence-electron chi connectivity index (χ1n) is 4.64. The Morgan fingerprint density at radius 2 is 2.19 bits per heavy atom. The van der Waals surface area contributed by atoms with Gasteiger partial charge < -0.3 is 5.11 Å². The van der Waals surface area contributed by atoms with Crippen LogP contribution < -0.4 is 0 Å². The summed E-state index contributed by atoms with van der Waals surface area (Å²) in [5.74, 6) is -1.00. The molecule has 4 nitrogen and oxygen atoms in total. The maximum Gasteiger partial charge on any atom is 0.137 e. The van der Waals surface area contributed by atoms with Crippen LogP contribution >= 0.6 is 0 Å². The molecule has 1 aromatic carbocycles. The molecule has 0 amide bonds. The summed E-state index contributed by atoms with van der Waals surface area (Å²) in [7, 11) is 0. The zero-order valence-electron chi connectivity index (χ0n) is 8.19. The Hall–Kier alpha value is -1.82. The topological polar surface area (TPSA) is 61.8 Å². The maximum absolute atomic E-state index is 13.3. The van der Waals surface area contributed by atoms with Crippen LogP contribution in [0.15, 0.2) is 24.5 Å². The lowest BCUT2D eigenvalue weighted by Gasteiger charge is -2.09. The van der Waals surface area contributed by atoms with Gasteiger partial charge in [0.25, 0.3) is 0 Å². The summed E-state index contributed by atoms with van der Waals surface area (Å²) >= 11 is 0. The molecule has 0 saturated heterocycles. The van der Waals surface area contributed by atoms with E-state index in [2.05, 4.69) is 15.2 Å². The fourth-order valence-corrected chi connectivity index (χ4v) is 1.39. The molecular weight excluding hydrogens is 216 g/mol. The van der Waals surface area contributed by atoms with Crippen molar-refractivity contribution in [3.05, 3.63) is 47.5 Å². The van der Waals surface area contributed by atoms with Crippen LogP contribution in [0.25, 0.3) is 0 Å². The number of aromatic nitrogens is 3. The molecular formula is C10H9F2N3O. The van der Waals surface area contributed by atoms with E-state index in [-0.39, 0.29) is 12.0 Å². The molecule has 0 aliphatic carbocycles. The Labute approximate surface area is 90.0 Å². The zero-order valence-corrected chi connectivity index (χ0v) is 8.19. The fourth-order valence-electron chi connectivity index (χ4n) is 1.39. The third kappa shape index (κ3) is 2.22. The molecule has 84 valence electrons. The highest BCUT2D eigenvalue weighted by molar-refractivity contribution is 5.21. The van der Waals surface area contributed by atoms with Crippen molar-refractivity contribution in [1.82, 2.24) is 15.2 Å². The van der Waals surface area contributed by atoms with Gasteiger partial charge in [0.1, 0.15) is 23.8 Å². The molecule has 0 aliphatic rings. The van der Waals surface area contributed by atoms with Crippen molar-refractivity contribution in [1.29, 1.82) is 0 Å². The van der Waals surface area contributed by atoms with Gasteiger partial charge in [-0.15, -0.1) is 0 Å². The minimum Gasteiger partial charge on any atom is -0.388 e. The molecule has 1 heterocycles. The van der Waals surface area contributed by atoms with Crippen molar-refractivity contribution < 1.29 is 13.9 Å². The van der Waals surface area contributed by atoms with Crippen LogP contribution in [0.4, 0.5) is 8.78 Å². The summed E-state index contributed by atoms with van der Waals surface area (Å²) < 4.78 is 25.9. The minimum absolute atomic E-state index is 0.0396. The van der Waals surface area contributed by atoms with Gasteiger partial charge in [0.2, 0.25) is 0 Å². The summed E-state index contributed by atoms with van der Waals surface area (Å²) in [6, 6.07) is 3.05. The molecule has 0 aliphatic heterocycles. The second kappa shape index (κ2) is 4.36. The van der Waals surface area contributed by atoms with E-state index >= 15 is 0 Å². The van der Waals surface area contributed by atoms with Crippen LogP contribution in [-0.4, -0.2) is 20.3 Å². The molecule has 1 unspecified atom stereocenters. The molecule has 6 heteroatoms. The third-order valence-electron chi connectivity index (χ3n) is 2.17. The van der Waals surface area contributed by atoms with Crippen molar-refractivity contribution in [3.8, 4) is 0 Å². The molecule has 2 aromatic rings. The van der Waals surface area contributed by atoms with Crippen LogP contribution in [-0.2, 0) is 6.42 Å². The van der Waals surface area contributed by atoms with E-state index in [9.17, 15) is 13.9 Å². The number of benzene rings is 1. The number of halogens is 2. The number of nitrogens with zero attached hydrogens (tertiary/aromatic N) is 2. The van der Waals surface area contributed by atoms with Gasteiger partial charge in [-0.2, -0.15) is 5.10 Å².